The van der Waals surface area contributed by atoms with Crippen LogP contribution in [-0.4, -0.2) is 40.0 Å². The Morgan fingerprint density at radius 2 is 2.00 bits per heavy atom. The molecule has 2 aromatic carbocycles. The monoisotopic (exact) mass is 460 g/mol. The summed E-state index contributed by atoms with van der Waals surface area (Å²) < 4.78 is 20.5. The van der Waals surface area contributed by atoms with Crippen molar-refractivity contribution < 1.29 is 23.8 Å². The average molecular weight is 461 g/mol. The molecule has 6 nitrogen and oxygen atoms in total. The highest BCUT2D eigenvalue weighted by Crippen LogP contribution is 2.38. The highest BCUT2D eigenvalue weighted by molar-refractivity contribution is 5.92. The SMILES string of the molecule is CCOc1ccc(CC(=O)O)cc1-c1ccc(F)c2c1CN(C(=O)/C=C/c1ccccn1)CC2. The number of carboxylic acid groups (broad SMARTS) is 1. The van der Waals surface area contributed by atoms with Crippen molar-refractivity contribution in [1.82, 2.24) is 9.88 Å². The van der Waals surface area contributed by atoms with E-state index in [4.69, 9.17) is 4.74 Å². The van der Waals surface area contributed by atoms with Crippen molar-refractivity contribution in [2.45, 2.75) is 26.3 Å². The average Bonchev–Trinajstić information content (AvgIpc) is 2.84. The van der Waals surface area contributed by atoms with E-state index in [0.717, 1.165) is 5.56 Å². The zero-order valence-electron chi connectivity index (χ0n) is 18.8. The van der Waals surface area contributed by atoms with Crippen LogP contribution >= 0.6 is 0 Å². The lowest BCUT2D eigenvalue weighted by atomic mass is 9.89. The van der Waals surface area contributed by atoms with Crippen LogP contribution in [0.5, 0.6) is 5.75 Å². The molecule has 4 rings (SSSR count). The second kappa shape index (κ2) is 10.3. The van der Waals surface area contributed by atoms with E-state index in [2.05, 4.69) is 4.98 Å². The lowest BCUT2D eigenvalue weighted by molar-refractivity contribution is -0.136. The quantitative estimate of drug-likeness (QED) is 0.525. The van der Waals surface area contributed by atoms with E-state index in [1.54, 1.807) is 47.5 Å². The van der Waals surface area contributed by atoms with Crippen LogP contribution in [0.4, 0.5) is 4.39 Å². The number of aromatic nitrogens is 1. The molecular formula is C27H25FN2O4. The van der Waals surface area contributed by atoms with E-state index in [1.807, 2.05) is 19.1 Å². The number of benzene rings is 2. The first kappa shape index (κ1) is 23.2. The standard InChI is InChI=1S/C27H25FN2O4/c1-2-34-25-10-6-18(16-27(32)33)15-22(25)20-8-9-24(28)21-12-14-30(17-23(20)21)26(31)11-7-19-5-3-4-13-29-19/h3-11,13,15H,2,12,14,16-17H2,1H3,(H,32,33)/b11-7+. The van der Waals surface area contributed by atoms with Crippen LogP contribution in [-0.2, 0) is 29.0 Å². The topological polar surface area (TPSA) is 79.7 Å². The van der Waals surface area contributed by atoms with E-state index in [-0.39, 0.29) is 24.7 Å². The molecule has 1 aromatic heterocycles. The summed E-state index contributed by atoms with van der Waals surface area (Å²) in [5.74, 6) is -0.845. The third-order valence-electron chi connectivity index (χ3n) is 5.74. The van der Waals surface area contributed by atoms with Crippen LogP contribution < -0.4 is 4.74 Å². The molecule has 174 valence electrons. The molecule has 1 amide bonds. The number of hydrogen-bond acceptors (Lipinski definition) is 4. The van der Waals surface area contributed by atoms with Crippen LogP contribution in [0.1, 0.15) is 29.3 Å². The molecule has 1 aliphatic heterocycles. The number of carbonyl (C=O) groups excluding carboxylic acids is 1. The number of carbonyl (C=O) groups is 2. The predicted molar refractivity (Wildman–Crippen MR) is 127 cm³/mol. The predicted octanol–water partition coefficient (Wildman–Crippen LogP) is 4.51. The Hall–Kier alpha value is -4.00. The summed E-state index contributed by atoms with van der Waals surface area (Å²) in [5, 5.41) is 9.22. The number of rotatable bonds is 7. The van der Waals surface area contributed by atoms with Gasteiger partial charge in [-0.15, -0.1) is 0 Å². The molecule has 34 heavy (non-hydrogen) atoms. The van der Waals surface area contributed by atoms with Gasteiger partial charge in [0.15, 0.2) is 0 Å². The number of ether oxygens (including phenoxy) is 1. The summed E-state index contributed by atoms with van der Waals surface area (Å²) in [5.41, 5.74) is 4.00. The summed E-state index contributed by atoms with van der Waals surface area (Å²) >= 11 is 0. The van der Waals surface area contributed by atoms with Crippen molar-refractivity contribution in [2.75, 3.05) is 13.2 Å². The second-order valence-electron chi connectivity index (χ2n) is 7.98. The number of halogens is 1. The van der Waals surface area contributed by atoms with E-state index in [1.165, 1.54) is 12.1 Å². The van der Waals surface area contributed by atoms with Crippen LogP contribution in [0.2, 0.25) is 0 Å². The van der Waals surface area contributed by atoms with Crippen molar-refractivity contribution in [1.29, 1.82) is 0 Å². The summed E-state index contributed by atoms with van der Waals surface area (Å²) in [7, 11) is 0. The van der Waals surface area contributed by atoms with Gasteiger partial charge >= 0.3 is 5.97 Å². The van der Waals surface area contributed by atoms with E-state index >= 15 is 0 Å². The van der Waals surface area contributed by atoms with Crippen LogP contribution in [0.15, 0.2) is 60.8 Å². The number of nitrogens with zero attached hydrogens (tertiary/aromatic N) is 2. The van der Waals surface area contributed by atoms with E-state index in [0.29, 0.717) is 53.3 Å². The van der Waals surface area contributed by atoms with Gasteiger partial charge < -0.3 is 14.7 Å². The molecule has 0 spiro atoms. The largest absolute Gasteiger partial charge is 0.493 e. The number of aliphatic carboxylic acids is 1. The fourth-order valence-corrected chi connectivity index (χ4v) is 4.16. The van der Waals surface area contributed by atoms with E-state index in [9.17, 15) is 19.1 Å². The van der Waals surface area contributed by atoms with Crippen molar-refractivity contribution in [3.63, 3.8) is 0 Å². The maximum atomic E-state index is 14.7. The summed E-state index contributed by atoms with van der Waals surface area (Å²) in [4.78, 5) is 30.0. The van der Waals surface area contributed by atoms with Gasteiger partial charge in [0.05, 0.1) is 18.7 Å². The molecule has 1 aliphatic rings. The maximum Gasteiger partial charge on any atom is 0.307 e. The first-order chi connectivity index (χ1) is 16.5. The Bertz CT molecular complexity index is 1240. The minimum Gasteiger partial charge on any atom is -0.493 e. The fourth-order valence-electron chi connectivity index (χ4n) is 4.16. The van der Waals surface area contributed by atoms with Crippen molar-refractivity contribution in [3.05, 3.63) is 89.0 Å². The van der Waals surface area contributed by atoms with Gasteiger partial charge in [-0.3, -0.25) is 14.6 Å². The van der Waals surface area contributed by atoms with Gasteiger partial charge in [-0.25, -0.2) is 4.39 Å². The van der Waals surface area contributed by atoms with Crippen molar-refractivity contribution in [3.8, 4) is 16.9 Å². The number of pyridine rings is 1. The Balaban J connectivity index is 1.70. The van der Waals surface area contributed by atoms with Gasteiger partial charge in [-0.1, -0.05) is 18.2 Å². The molecule has 0 unspecified atom stereocenters. The molecular weight excluding hydrogens is 435 g/mol. The van der Waals surface area contributed by atoms with Crippen LogP contribution in [0.25, 0.3) is 17.2 Å². The number of carboxylic acids is 1. The number of amides is 1. The molecule has 0 fully saturated rings. The van der Waals surface area contributed by atoms with Crippen molar-refractivity contribution >= 4 is 18.0 Å². The minimum absolute atomic E-state index is 0.133. The molecule has 0 saturated carbocycles. The third-order valence-corrected chi connectivity index (χ3v) is 5.74. The van der Waals surface area contributed by atoms with Gasteiger partial charge in [0, 0.05) is 30.9 Å². The molecule has 0 bridgehead atoms. The molecule has 7 heteroatoms. The molecule has 2 heterocycles. The molecule has 0 saturated heterocycles. The minimum atomic E-state index is -0.937. The molecule has 0 aliphatic carbocycles. The normalized spacial score (nSPS) is 13.1. The highest BCUT2D eigenvalue weighted by Gasteiger charge is 2.26. The summed E-state index contributed by atoms with van der Waals surface area (Å²) in [6.07, 6.45) is 5.05. The van der Waals surface area contributed by atoms with Gasteiger partial charge in [-0.05, 0) is 72.0 Å². The Morgan fingerprint density at radius 1 is 1.15 bits per heavy atom. The molecule has 3 aromatic rings. The van der Waals surface area contributed by atoms with Gasteiger partial charge in [0.1, 0.15) is 11.6 Å². The third kappa shape index (κ3) is 5.14. The first-order valence-corrected chi connectivity index (χ1v) is 11.1. The zero-order valence-corrected chi connectivity index (χ0v) is 18.8. The lowest BCUT2D eigenvalue weighted by Crippen LogP contribution is -2.35. The number of hydrogen-bond donors (Lipinski definition) is 1. The molecule has 1 N–H and O–H groups in total. The Morgan fingerprint density at radius 3 is 2.74 bits per heavy atom. The second-order valence-corrected chi connectivity index (χ2v) is 7.98. The highest BCUT2D eigenvalue weighted by atomic mass is 19.1. The van der Waals surface area contributed by atoms with Crippen molar-refractivity contribution in [2.24, 2.45) is 0 Å². The van der Waals surface area contributed by atoms with Gasteiger partial charge in [-0.2, -0.15) is 0 Å². The van der Waals surface area contributed by atoms with Crippen LogP contribution in [0.3, 0.4) is 0 Å². The van der Waals surface area contributed by atoms with Gasteiger partial charge in [0.25, 0.3) is 0 Å². The molecule has 0 radical (unpaired) electrons. The maximum absolute atomic E-state index is 14.7. The fraction of sp³-hybridized carbons (Fsp3) is 0.222. The Kier molecular flexibility index (Phi) is 7.01. The smallest absolute Gasteiger partial charge is 0.307 e. The summed E-state index contributed by atoms with van der Waals surface area (Å²) in [6, 6.07) is 13.8. The molecule has 0 atom stereocenters. The number of fused-ring (bicyclic) bond motifs is 1. The Labute approximate surface area is 197 Å². The van der Waals surface area contributed by atoms with E-state index < -0.39 is 5.97 Å². The summed E-state index contributed by atoms with van der Waals surface area (Å²) in [6.45, 7) is 2.93. The zero-order chi connectivity index (χ0) is 24.1. The lowest BCUT2D eigenvalue weighted by Gasteiger charge is -2.30. The van der Waals surface area contributed by atoms with Gasteiger partial charge in [0.2, 0.25) is 5.91 Å². The first-order valence-electron chi connectivity index (χ1n) is 11.1. The van der Waals surface area contributed by atoms with Crippen LogP contribution in [0, 0.1) is 5.82 Å².